The minimum atomic E-state index is -0.101. The number of nitrogens with one attached hydrogen (secondary N) is 1. The summed E-state index contributed by atoms with van der Waals surface area (Å²) in [7, 11) is 0. The van der Waals surface area contributed by atoms with Crippen molar-refractivity contribution in [3.63, 3.8) is 0 Å². The van der Waals surface area contributed by atoms with Gasteiger partial charge in [0, 0.05) is 16.5 Å². The first-order valence-electron chi connectivity index (χ1n) is 8.20. The van der Waals surface area contributed by atoms with Gasteiger partial charge in [-0.05, 0) is 24.8 Å². The van der Waals surface area contributed by atoms with E-state index in [1.165, 1.54) is 5.56 Å². The SMILES string of the molecule is CCSc1ccccc1C(=O)NCc1cc(-c2ccc(C)cc2)on1. The van der Waals surface area contributed by atoms with Crippen molar-refractivity contribution in [1.82, 2.24) is 10.5 Å². The lowest BCUT2D eigenvalue weighted by Gasteiger charge is -2.08. The molecule has 0 spiro atoms. The zero-order valence-corrected chi connectivity index (χ0v) is 15.1. The smallest absolute Gasteiger partial charge is 0.252 e. The van der Waals surface area contributed by atoms with Crippen LogP contribution >= 0.6 is 11.8 Å². The van der Waals surface area contributed by atoms with Crippen LogP contribution in [0, 0.1) is 6.92 Å². The van der Waals surface area contributed by atoms with Crippen molar-refractivity contribution in [2.75, 3.05) is 5.75 Å². The van der Waals surface area contributed by atoms with Crippen LogP contribution in [0.3, 0.4) is 0 Å². The third-order valence-electron chi connectivity index (χ3n) is 3.76. The number of amides is 1. The normalized spacial score (nSPS) is 10.6. The zero-order valence-electron chi connectivity index (χ0n) is 14.3. The summed E-state index contributed by atoms with van der Waals surface area (Å²) in [5.41, 5.74) is 3.56. The molecule has 25 heavy (non-hydrogen) atoms. The predicted octanol–water partition coefficient (Wildman–Crippen LogP) is 4.69. The number of rotatable bonds is 6. The Labute approximate surface area is 151 Å². The molecule has 4 nitrogen and oxygen atoms in total. The van der Waals surface area contributed by atoms with Crippen molar-refractivity contribution in [3.8, 4) is 11.3 Å². The molecule has 1 aromatic heterocycles. The lowest BCUT2D eigenvalue weighted by molar-refractivity contribution is 0.0947. The largest absolute Gasteiger partial charge is 0.356 e. The summed E-state index contributed by atoms with van der Waals surface area (Å²) in [6.07, 6.45) is 0. The number of aromatic nitrogens is 1. The number of carbonyl (C=O) groups excluding carboxylic acids is 1. The van der Waals surface area contributed by atoms with E-state index in [-0.39, 0.29) is 5.91 Å². The Morgan fingerprint density at radius 3 is 2.68 bits per heavy atom. The summed E-state index contributed by atoms with van der Waals surface area (Å²) in [6, 6.07) is 17.5. The van der Waals surface area contributed by atoms with Crippen LogP contribution < -0.4 is 5.32 Å². The highest BCUT2D eigenvalue weighted by atomic mass is 32.2. The number of nitrogens with zero attached hydrogens (tertiary/aromatic N) is 1. The molecule has 3 aromatic rings. The summed E-state index contributed by atoms with van der Waals surface area (Å²) in [4.78, 5) is 13.4. The molecule has 5 heteroatoms. The van der Waals surface area contributed by atoms with Crippen molar-refractivity contribution < 1.29 is 9.32 Å². The molecule has 0 atom stereocenters. The Hall–Kier alpha value is -2.53. The molecule has 1 N–H and O–H groups in total. The van der Waals surface area contributed by atoms with E-state index in [1.54, 1.807) is 11.8 Å². The molecule has 0 saturated carbocycles. The first kappa shape index (κ1) is 17.3. The number of carbonyl (C=O) groups is 1. The zero-order chi connectivity index (χ0) is 17.6. The molecule has 0 unspecified atom stereocenters. The molecule has 2 aromatic carbocycles. The van der Waals surface area contributed by atoms with Crippen molar-refractivity contribution in [2.45, 2.75) is 25.3 Å². The van der Waals surface area contributed by atoms with Crippen LogP contribution in [0.5, 0.6) is 0 Å². The molecule has 1 heterocycles. The van der Waals surface area contributed by atoms with Crippen LogP contribution in [-0.4, -0.2) is 16.8 Å². The van der Waals surface area contributed by atoms with E-state index in [1.807, 2.05) is 61.5 Å². The number of hydrogen-bond donors (Lipinski definition) is 1. The molecule has 3 rings (SSSR count). The van der Waals surface area contributed by atoms with E-state index in [9.17, 15) is 4.79 Å². The first-order valence-corrected chi connectivity index (χ1v) is 9.18. The molecule has 0 bridgehead atoms. The number of thioether (sulfide) groups is 1. The molecule has 0 aliphatic rings. The van der Waals surface area contributed by atoms with Gasteiger partial charge >= 0.3 is 0 Å². The van der Waals surface area contributed by atoms with Gasteiger partial charge in [-0.15, -0.1) is 11.8 Å². The molecule has 128 valence electrons. The fraction of sp³-hybridized carbons (Fsp3) is 0.200. The Bertz CT molecular complexity index is 856. The van der Waals surface area contributed by atoms with Gasteiger partial charge in [0.25, 0.3) is 5.91 Å². The second kappa shape index (κ2) is 8.03. The van der Waals surface area contributed by atoms with E-state index in [0.717, 1.165) is 16.2 Å². The van der Waals surface area contributed by atoms with Gasteiger partial charge < -0.3 is 9.84 Å². The highest BCUT2D eigenvalue weighted by Gasteiger charge is 2.12. The third-order valence-corrected chi connectivity index (χ3v) is 4.71. The van der Waals surface area contributed by atoms with Crippen LogP contribution in [-0.2, 0) is 6.54 Å². The van der Waals surface area contributed by atoms with Gasteiger partial charge in [0.15, 0.2) is 5.76 Å². The Kier molecular flexibility index (Phi) is 5.56. The molecule has 0 saturated heterocycles. The van der Waals surface area contributed by atoms with E-state index in [2.05, 4.69) is 17.4 Å². The van der Waals surface area contributed by atoms with Crippen LogP contribution in [0.4, 0.5) is 0 Å². The minimum Gasteiger partial charge on any atom is -0.356 e. The Morgan fingerprint density at radius 1 is 1.16 bits per heavy atom. The fourth-order valence-electron chi connectivity index (χ4n) is 2.45. The second-order valence-corrected chi connectivity index (χ2v) is 6.97. The van der Waals surface area contributed by atoms with Crippen LogP contribution in [0.2, 0.25) is 0 Å². The summed E-state index contributed by atoms with van der Waals surface area (Å²) in [5.74, 6) is 1.52. The van der Waals surface area contributed by atoms with Crippen LogP contribution in [0.15, 0.2) is 64.0 Å². The number of hydrogen-bond acceptors (Lipinski definition) is 4. The maximum atomic E-state index is 12.4. The first-order chi connectivity index (χ1) is 12.2. The van der Waals surface area contributed by atoms with Gasteiger partial charge in [0.2, 0.25) is 0 Å². The standard InChI is InChI=1S/C20H20N2O2S/c1-3-25-19-7-5-4-6-17(19)20(23)21-13-16-12-18(24-22-16)15-10-8-14(2)9-11-15/h4-12H,3,13H2,1-2H3,(H,21,23). The maximum absolute atomic E-state index is 12.4. The Morgan fingerprint density at radius 2 is 1.92 bits per heavy atom. The summed E-state index contributed by atoms with van der Waals surface area (Å²) >= 11 is 1.66. The van der Waals surface area contributed by atoms with Gasteiger partial charge in [0.05, 0.1) is 12.1 Å². The van der Waals surface area contributed by atoms with Gasteiger partial charge in [-0.2, -0.15) is 0 Å². The average molecular weight is 352 g/mol. The van der Waals surface area contributed by atoms with Crippen LogP contribution in [0.25, 0.3) is 11.3 Å². The van der Waals surface area contributed by atoms with Crippen LogP contribution in [0.1, 0.15) is 28.5 Å². The van der Waals surface area contributed by atoms with Crippen molar-refractivity contribution in [2.24, 2.45) is 0 Å². The predicted molar refractivity (Wildman–Crippen MR) is 101 cm³/mol. The van der Waals surface area contributed by atoms with Crippen molar-refractivity contribution in [3.05, 3.63) is 71.4 Å². The molecule has 1 amide bonds. The minimum absolute atomic E-state index is 0.101. The summed E-state index contributed by atoms with van der Waals surface area (Å²) in [5, 5.41) is 6.96. The molecule has 0 fully saturated rings. The van der Waals surface area contributed by atoms with Crippen molar-refractivity contribution in [1.29, 1.82) is 0 Å². The summed E-state index contributed by atoms with van der Waals surface area (Å²) < 4.78 is 5.39. The monoisotopic (exact) mass is 352 g/mol. The second-order valence-electron chi connectivity index (χ2n) is 5.66. The number of benzene rings is 2. The quantitative estimate of drug-likeness (QED) is 0.654. The molecule has 0 radical (unpaired) electrons. The van der Waals surface area contributed by atoms with E-state index >= 15 is 0 Å². The molecular weight excluding hydrogens is 332 g/mol. The lowest BCUT2D eigenvalue weighted by Crippen LogP contribution is -2.23. The topological polar surface area (TPSA) is 55.1 Å². The van der Waals surface area contributed by atoms with Gasteiger partial charge in [0.1, 0.15) is 5.69 Å². The summed E-state index contributed by atoms with van der Waals surface area (Å²) in [6.45, 7) is 4.44. The Balaban J connectivity index is 1.66. The average Bonchev–Trinajstić information content (AvgIpc) is 3.10. The molecular formula is C20H20N2O2S. The van der Waals surface area contributed by atoms with E-state index < -0.39 is 0 Å². The van der Waals surface area contributed by atoms with Crippen molar-refractivity contribution >= 4 is 17.7 Å². The van der Waals surface area contributed by atoms with E-state index in [0.29, 0.717) is 23.6 Å². The highest BCUT2D eigenvalue weighted by molar-refractivity contribution is 7.99. The fourth-order valence-corrected chi connectivity index (χ4v) is 3.25. The molecule has 0 aliphatic heterocycles. The van der Waals surface area contributed by atoms with Gasteiger partial charge in [-0.1, -0.05) is 54.0 Å². The van der Waals surface area contributed by atoms with Gasteiger partial charge in [-0.3, -0.25) is 4.79 Å². The third kappa shape index (κ3) is 4.31. The highest BCUT2D eigenvalue weighted by Crippen LogP contribution is 2.23. The van der Waals surface area contributed by atoms with E-state index in [4.69, 9.17) is 4.52 Å². The van der Waals surface area contributed by atoms with Gasteiger partial charge in [-0.25, -0.2) is 0 Å². The number of aryl methyl sites for hydroxylation is 1. The molecule has 0 aliphatic carbocycles. The maximum Gasteiger partial charge on any atom is 0.252 e. The lowest BCUT2D eigenvalue weighted by atomic mass is 10.1.